The van der Waals surface area contributed by atoms with Crippen LogP contribution in [-0.4, -0.2) is 60.0 Å². The van der Waals surface area contributed by atoms with Crippen LogP contribution in [0.3, 0.4) is 0 Å². The van der Waals surface area contributed by atoms with Crippen LogP contribution in [0.15, 0.2) is 48.7 Å². The van der Waals surface area contributed by atoms with Crippen molar-refractivity contribution in [2.24, 2.45) is 0 Å². The summed E-state index contributed by atoms with van der Waals surface area (Å²) >= 11 is 0. The second kappa shape index (κ2) is 7.13. The largest absolute Gasteiger partial charge is 0.492 e. The Kier molecular flexibility index (Phi) is 4.75. The number of benzene rings is 1. The van der Waals surface area contributed by atoms with Gasteiger partial charge < -0.3 is 14.6 Å². The minimum Gasteiger partial charge on any atom is -0.492 e. The number of piperazine rings is 1. The van der Waals surface area contributed by atoms with Crippen LogP contribution >= 0.6 is 0 Å². The molecular weight excluding hydrogens is 278 g/mol. The van der Waals surface area contributed by atoms with Gasteiger partial charge in [0.25, 0.3) is 5.91 Å². The Labute approximate surface area is 130 Å². The number of amides is 1. The zero-order chi connectivity index (χ0) is 15.2. The van der Waals surface area contributed by atoms with Crippen molar-refractivity contribution >= 4 is 5.91 Å². The van der Waals surface area contributed by atoms with Crippen molar-refractivity contribution in [2.75, 3.05) is 39.3 Å². The van der Waals surface area contributed by atoms with Gasteiger partial charge in [-0.1, -0.05) is 18.2 Å². The van der Waals surface area contributed by atoms with Gasteiger partial charge >= 0.3 is 0 Å². The number of H-pyrrole nitrogens is 1. The molecule has 5 heteroatoms. The van der Waals surface area contributed by atoms with Gasteiger partial charge in [0, 0.05) is 38.9 Å². The summed E-state index contributed by atoms with van der Waals surface area (Å²) in [6, 6.07) is 13.5. The number of para-hydroxylation sites is 1. The van der Waals surface area contributed by atoms with E-state index in [-0.39, 0.29) is 5.91 Å². The first-order chi connectivity index (χ1) is 10.8. The number of nitrogens with zero attached hydrogens (tertiary/aromatic N) is 2. The molecule has 0 unspecified atom stereocenters. The number of hydrogen-bond acceptors (Lipinski definition) is 3. The highest BCUT2D eigenvalue weighted by Crippen LogP contribution is 2.10. The summed E-state index contributed by atoms with van der Waals surface area (Å²) in [4.78, 5) is 19.4. The van der Waals surface area contributed by atoms with Gasteiger partial charge in [0.1, 0.15) is 18.1 Å². The first kappa shape index (κ1) is 14.7. The Hall–Kier alpha value is -2.27. The van der Waals surface area contributed by atoms with E-state index in [4.69, 9.17) is 4.74 Å². The molecule has 1 amide bonds. The molecule has 1 aliphatic heterocycles. The molecule has 1 aromatic carbocycles. The summed E-state index contributed by atoms with van der Waals surface area (Å²) in [5, 5.41) is 0. The first-order valence-corrected chi connectivity index (χ1v) is 7.66. The van der Waals surface area contributed by atoms with E-state index in [0.29, 0.717) is 12.3 Å². The zero-order valence-corrected chi connectivity index (χ0v) is 12.6. The number of aromatic nitrogens is 1. The van der Waals surface area contributed by atoms with Crippen molar-refractivity contribution in [2.45, 2.75) is 0 Å². The van der Waals surface area contributed by atoms with Crippen LogP contribution < -0.4 is 4.74 Å². The third-order valence-electron chi connectivity index (χ3n) is 3.91. The fraction of sp³-hybridized carbons (Fsp3) is 0.353. The van der Waals surface area contributed by atoms with Crippen LogP contribution in [0.5, 0.6) is 5.75 Å². The van der Waals surface area contributed by atoms with Gasteiger partial charge in [-0.15, -0.1) is 0 Å². The van der Waals surface area contributed by atoms with Crippen LogP contribution in [0.2, 0.25) is 0 Å². The third-order valence-corrected chi connectivity index (χ3v) is 3.91. The smallest absolute Gasteiger partial charge is 0.270 e. The molecule has 1 aliphatic rings. The molecule has 1 aromatic heterocycles. The molecule has 0 saturated carbocycles. The van der Waals surface area contributed by atoms with E-state index in [1.54, 1.807) is 6.20 Å². The fourth-order valence-electron chi connectivity index (χ4n) is 2.62. The first-order valence-electron chi connectivity index (χ1n) is 7.66. The lowest BCUT2D eigenvalue weighted by molar-refractivity contribution is 0.0615. The second-order valence-corrected chi connectivity index (χ2v) is 5.38. The van der Waals surface area contributed by atoms with Gasteiger partial charge in [-0.2, -0.15) is 0 Å². The van der Waals surface area contributed by atoms with Crippen molar-refractivity contribution < 1.29 is 9.53 Å². The predicted molar refractivity (Wildman–Crippen MR) is 85.1 cm³/mol. The van der Waals surface area contributed by atoms with E-state index in [9.17, 15) is 4.79 Å². The van der Waals surface area contributed by atoms with Gasteiger partial charge in [0.15, 0.2) is 0 Å². The highest BCUT2D eigenvalue weighted by atomic mass is 16.5. The molecule has 22 heavy (non-hydrogen) atoms. The summed E-state index contributed by atoms with van der Waals surface area (Å²) in [5.41, 5.74) is 0.667. The molecule has 2 heterocycles. The standard InChI is InChI=1S/C17H21N3O2/c21-17(16-7-4-8-18-16)20-11-9-19(10-12-20)13-14-22-15-5-2-1-3-6-15/h1-8,18H,9-14H2. The van der Waals surface area contributed by atoms with Crippen LogP contribution in [0.1, 0.15) is 10.5 Å². The molecular formula is C17H21N3O2. The number of ether oxygens (including phenoxy) is 1. The fourth-order valence-corrected chi connectivity index (χ4v) is 2.62. The van der Waals surface area contributed by atoms with E-state index in [0.717, 1.165) is 38.5 Å². The van der Waals surface area contributed by atoms with Crippen LogP contribution in [0.4, 0.5) is 0 Å². The Balaban J connectivity index is 1.39. The minimum atomic E-state index is 0.0881. The number of carbonyl (C=O) groups excluding carboxylic acids is 1. The van der Waals surface area contributed by atoms with Gasteiger partial charge in [-0.25, -0.2) is 0 Å². The topological polar surface area (TPSA) is 48.6 Å². The Morgan fingerprint density at radius 3 is 2.50 bits per heavy atom. The number of hydrogen-bond donors (Lipinski definition) is 1. The number of aromatic amines is 1. The lowest BCUT2D eigenvalue weighted by Crippen LogP contribution is -2.49. The Morgan fingerprint density at radius 2 is 1.82 bits per heavy atom. The van der Waals surface area contributed by atoms with E-state index < -0.39 is 0 Å². The quantitative estimate of drug-likeness (QED) is 0.916. The third kappa shape index (κ3) is 3.68. The molecule has 5 nitrogen and oxygen atoms in total. The highest BCUT2D eigenvalue weighted by Gasteiger charge is 2.22. The van der Waals surface area contributed by atoms with Crippen LogP contribution in [-0.2, 0) is 0 Å². The monoisotopic (exact) mass is 299 g/mol. The average molecular weight is 299 g/mol. The lowest BCUT2D eigenvalue weighted by Gasteiger charge is -2.34. The molecule has 1 N–H and O–H groups in total. The van der Waals surface area contributed by atoms with Gasteiger partial charge in [-0.05, 0) is 24.3 Å². The maximum absolute atomic E-state index is 12.2. The predicted octanol–water partition coefficient (Wildman–Crippen LogP) is 1.85. The van der Waals surface area contributed by atoms with Crippen molar-refractivity contribution in [3.8, 4) is 5.75 Å². The molecule has 1 fully saturated rings. The van der Waals surface area contributed by atoms with E-state index in [2.05, 4.69) is 9.88 Å². The SMILES string of the molecule is O=C(c1ccc[nH]1)N1CCN(CCOc2ccccc2)CC1. The van der Waals surface area contributed by atoms with Gasteiger partial charge in [-0.3, -0.25) is 9.69 Å². The van der Waals surface area contributed by atoms with Crippen molar-refractivity contribution in [1.82, 2.24) is 14.8 Å². The van der Waals surface area contributed by atoms with E-state index in [1.165, 1.54) is 0 Å². The molecule has 0 aliphatic carbocycles. The van der Waals surface area contributed by atoms with Gasteiger partial charge in [0.2, 0.25) is 0 Å². The molecule has 0 bridgehead atoms. The average Bonchev–Trinajstić information content (AvgIpc) is 3.10. The molecule has 0 spiro atoms. The molecule has 1 saturated heterocycles. The summed E-state index contributed by atoms with van der Waals surface area (Å²) in [5.74, 6) is 0.994. The van der Waals surface area contributed by atoms with Gasteiger partial charge in [0.05, 0.1) is 0 Å². The zero-order valence-electron chi connectivity index (χ0n) is 12.6. The lowest BCUT2D eigenvalue weighted by atomic mass is 10.3. The van der Waals surface area contributed by atoms with Crippen molar-refractivity contribution in [1.29, 1.82) is 0 Å². The van der Waals surface area contributed by atoms with E-state index >= 15 is 0 Å². The van der Waals surface area contributed by atoms with Crippen LogP contribution in [0, 0.1) is 0 Å². The molecule has 2 aromatic rings. The highest BCUT2D eigenvalue weighted by molar-refractivity contribution is 5.92. The molecule has 0 radical (unpaired) electrons. The summed E-state index contributed by atoms with van der Waals surface area (Å²) < 4.78 is 5.71. The second-order valence-electron chi connectivity index (χ2n) is 5.38. The number of carbonyl (C=O) groups is 1. The molecule has 0 atom stereocenters. The molecule has 116 valence electrons. The molecule has 3 rings (SSSR count). The Morgan fingerprint density at radius 1 is 1.05 bits per heavy atom. The van der Waals surface area contributed by atoms with Crippen molar-refractivity contribution in [3.63, 3.8) is 0 Å². The maximum atomic E-state index is 12.2. The van der Waals surface area contributed by atoms with E-state index in [1.807, 2.05) is 47.4 Å². The Bertz CT molecular complexity index is 575. The summed E-state index contributed by atoms with van der Waals surface area (Å²) in [6.45, 7) is 4.88. The summed E-state index contributed by atoms with van der Waals surface area (Å²) in [6.07, 6.45) is 1.78. The maximum Gasteiger partial charge on any atom is 0.270 e. The van der Waals surface area contributed by atoms with Crippen molar-refractivity contribution in [3.05, 3.63) is 54.4 Å². The summed E-state index contributed by atoms with van der Waals surface area (Å²) in [7, 11) is 0. The minimum absolute atomic E-state index is 0.0881. The number of nitrogens with one attached hydrogen (secondary N) is 1. The van der Waals surface area contributed by atoms with Crippen LogP contribution in [0.25, 0.3) is 0 Å². The number of rotatable bonds is 5. The normalized spacial score (nSPS) is 15.7.